The largest absolute Gasteiger partial charge is 0.366 e. The van der Waals surface area contributed by atoms with E-state index in [-0.39, 0.29) is 10.6 Å². The quantitative estimate of drug-likeness (QED) is 0.653. The van der Waals surface area contributed by atoms with E-state index in [2.05, 4.69) is 10.2 Å². The molecule has 2 unspecified atom stereocenters. The van der Waals surface area contributed by atoms with Crippen LogP contribution in [0, 0.1) is 28.9 Å². The first-order valence-electron chi connectivity index (χ1n) is 6.86. The molecule has 0 amide bonds. The Morgan fingerprint density at radius 1 is 1.37 bits per heavy atom. The van der Waals surface area contributed by atoms with Crippen molar-refractivity contribution in [3.63, 3.8) is 0 Å². The van der Waals surface area contributed by atoms with Crippen molar-refractivity contribution in [1.29, 1.82) is 0 Å². The lowest BCUT2D eigenvalue weighted by molar-refractivity contribution is -0.384. The van der Waals surface area contributed by atoms with E-state index in [0.29, 0.717) is 5.92 Å². The molecule has 2 aliphatic rings. The highest BCUT2D eigenvalue weighted by Gasteiger charge is 2.34. The van der Waals surface area contributed by atoms with E-state index in [1.54, 1.807) is 0 Å². The van der Waals surface area contributed by atoms with Gasteiger partial charge in [-0.25, -0.2) is 0 Å². The number of nitro groups is 1. The Morgan fingerprint density at radius 2 is 2.16 bits per heavy atom. The second-order valence-electron chi connectivity index (χ2n) is 5.61. The maximum absolute atomic E-state index is 11.3. The zero-order chi connectivity index (χ0) is 13.4. The molecule has 5 nitrogen and oxygen atoms in total. The molecule has 0 saturated carbocycles. The second-order valence-corrected chi connectivity index (χ2v) is 5.61. The number of anilines is 1. The molecule has 19 heavy (non-hydrogen) atoms. The van der Waals surface area contributed by atoms with Crippen molar-refractivity contribution in [2.45, 2.75) is 13.3 Å². The van der Waals surface area contributed by atoms with Gasteiger partial charge in [-0.1, -0.05) is 12.1 Å². The lowest BCUT2D eigenvalue weighted by Crippen LogP contribution is -2.40. The number of nitrogens with one attached hydrogen (secondary N) is 1. The van der Waals surface area contributed by atoms with Gasteiger partial charge in [-0.3, -0.25) is 10.1 Å². The van der Waals surface area contributed by atoms with Crippen molar-refractivity contribution in [2.24, 2.45) is 11.8 Å². The molecule has 3 rings (SSSR count). The van der Waals surface area contributed by atoms with Crippen LogP contribution in [-0.4, -0.2) is 31.1 Å². The highest BCUT2D eigenvalue weighted by atomic mass is 16.6. The molecule has 2 aliphatic heterocycles. The van der Waals surface area contributed by atoms with Gasteiger partial charge in [0.15, 0.2) is 0 Å². The van der Waals surface area contributed by atoms with Crippen molar-refractivity contribution in [2.75, 3.05) is 31.1 Å². The summed E-state index contributed by atoms with van der Waals surface area (Å²) in [6.45, 7) is 5.82. The van der Waals surface area contributed by atoms with Crippen molar-refractivity contribution in [1.82, 2.24) is 5.32 Å². The van der Waals surface area contributed by atoms with Crippen LogP contribution in [0.2, 0.25) is 0 Å². The molecule has 2 saturated heterocycles. The van der Waals surface area contributed by atoms with Crippen LogP contribution in [0.4, 0.5) is 11.4 Å². The van der Waals surface area contributed by atoms with Gasteiger partial charge in [-0.15, -0.1) is 0 Å². The summed E-state index contributed by atoms with van der Waals surface area (Å²) in [5.74, 6) is 1.38. The number of rotatable bonds is 2. The minimum absolute atomic E-state index is 0.246. The fourth-order valence-corrected chi connectivity index (χ4v) is 3.39. The Hall–Kier alpha value is -1.62. The number of benzene rings is 1. The van der Waals surface area contributed by atoms with Crippen molar-refractivity contribution in [3.05, 3.63) is 33.9 Å². The fraction of sp³-hybridized carbons (Fsp3) is 0.571. The molecule has 1 N–H and O–H groups in total. The third-order valence-electron chi connectivity index (χ3n) is 4.44. The Bertz CT molecular complexity index is 503. The van der Waals surface area contributed by atoms with Gasteiger partial charge in [0.25, 0.3) is 5.69 Å². The summed E-state index contributed by atoms with van der Waals surface area (Å²) in [5.41, 5.74) is 1.80. The predicted octanol–water partition coefficient (Wildman–Crippen LogP) is 1.95. The maximum atomic E-state index is 11.3. The average Bonchev–Trinajstić information content (AvgIpc) is 2.85. The van der Waals surface area contributed by atoms with E-state index in [0.717, 1.165) is 49.8 Å². The number of nitro benzene ring substituents is 1. The number of para-hydroxylation sites is 1. The lowest BCUT2D eigenvalue weighted by Gasteiger charge is -2.35. The van der Waals surface area contributed by atoms with E-state index < -0.39 is 0 Å². The molecule has 0 bridgehead atoms. The van der Waals surface area contributed by atoms with Crippen LogP contribution in [0.5, 0.6) is 0 Å². The number of fused-ring (bicyclic) bond motifs is 1. The molecule has 5 heteroatoms. The molecule has 0 radical (unpaired) electrons. The number of hydrogen-bond acceptors (Lipinski definition) is 4. The van der Waals surface area contributed by atoms with Crippen LogP contribution in [0.25, 0.3) is 0 Å². The molecule has 0 aliphatic carbocycles. The summed E-state index contributed by atoms with van der Waals surface area (Å²) in [4.78, 5) is 13.2. The first-order valence-corrected chi connectivity index (χ1v) is 6.86. The molecule has 2 fully saturated rings. The summed E-state index contributed by atoms with van der Waals surface area (Å²) in [6.07, 6.45) is 1.13. The molecular formula is C14H19N3O2. The molecule has 102 valence electrons. The van der Waals surface area contributed by atoms with E-state index in [1.165, 1.54) is 0 Å². The lowest BCUT2D eigenvalue weighted by atomic mass is 9.88. The molecule has 1 aromatic rings. The monoisotopic (exact) mass is 261 g/mol. The van der Waals surface area contributed by atoms with E-state index in [1.807, 2.05) is 25.1 Å². The van der Waals surface area contributed by atoms with Crippen molar-refractivity contribution in [3.8, 4) is 0 Å². The van der Waals surface area contributed by atoms with Gasteiger partial charge in [-0.05, 0) is 44.3 Å². The van der Waals surface area contributed by atoms with Gasteiger partial charge in [0, 0.05) is 18.7 Å². The first kappa shape index (κ1) is 12.4. The molecule has 2 atom stereocenters. The smallest absolute Gasteiger partial charge is 0.295 e. The third kappa shape index (κ3) is 2.18. The molecule has 1 aromatic carbocycles. The van der Waals surface area contributed by atoms with Crippen molar-refractivity contribution < 1.29 is 4.92 Å². The fourth-order valence-electron chi connectivity index (χ4n) is 3.39. The Balaban J connectivity index is 1.90. The van der Waals surface area contributed by atoms with Crippen LogP contribution in [0.3, 0.4) is 0 Å². The van der Waals surface area contributed by atoms with Gasteiger partial charge in [-0.2, -0.15) is 0 Å². The highest BCUT2D eigenvalue weighted by molar-refractivity contribution is 5.66. The number of piperidine rings is 1. The van der Waals surface area contributed by atoms with E-state index >= 15 is 0 Å². The topological polar surface area (TPSA) is 58.4 Å². The van der Waals surface area contributed by atoms with Crippen LogP contribution in [0.1, 0.15) is 12.0 Å². The Labute approximate surface area is 112 Å². The third-order valence-corrected chi connectivity index (χ3v) is 4.44. The van der Waals surface area contributed by atoms with Crippen molar-refractivity contribution >= 4 is 11.4 Å². The van der Waals surface area contributed by atoms with Crippen LogP contribution in [-0.2, 0) is 0 Å². The summed E-state index contributed by atoms with van der Waals surface area (Å²) >= 11 is 0. The zero-order valence-corrected chi connectivity index (χ0v) is 11.1. The highest BCUT2D eigenvalue weighted by Crippen LogP contribution is 2.36. The number of aryl methyl sites for hydroxylation is 1. The Morgan fingerprint density at radius 3 is 2.95 bits per heavy atom. The van der Waals surface area contributed by atoms with Gasteiger partial charge in [0.05, 0.1) is 4.92 Å². The molecule has 2 heterocycles. The summed E-state index contributed by atoms with van der Waals surface area (Å²) in [5, 5.41) is 14.7. The summed E-state index contributed by atoms with van der Waals surface area (Å²) in [6, 6.07) is 5.61. The SMILES string of the molecule is Cc1cccc(N2CCC3CNCC3C2)c1[N+](=O)[O-]. The summed E-state index contributed by atoms with van der Waals surface area (Å²) in [7, 11) is 0. The predicted molar refractivity (Wildman–Crippen MR) is 74.5 cm³/mol. The summed E-state index contributed by atoms with van der Waals surface area (Å²) < 4.78 is 0. The zero-order valence-electron chi connectivity index (χ0n) is 11.1. The van der Waals surface area contributed by atoms with Crippen LogP contribution in [0.15, 0.2) is 18.2 Å². The molecule has 0 aromatic heterocycles. The van der Waals surface area contributed by atoms with Crippen LogP contribution >= 0.6 is 0 Å². The minimum Gasteiger partial charge on any atom is -0.366 e. The minimum atomic E-state index is -0.246. The number of hydrogen-bond donors (Lipinski definition) is 1. The molecule has 0 spiro atoms. The average molecular weight is 261 g/mol. The van der Waals surface area contributed by atoms with Gasteiger partial charge in [0.2, 0.25) is 0 Å². The second kappa shape index (κ2) is 4.81. The van der Waals surface area contributed by atoms with Gasteiger partial charge < -0.3 is 10.2 Å². The van der Waals surface area contributed by atoms with E-state index in [4.69, 9.17) is 0 Å². The first-order chi connectivity index (χ1) is 9.16. The maximum Gasteiger partial charge on any atom is 0.295 e. The Kier molecular flexibility index (Phi) is 3.14. The molecular weight excluding hydrogens is 242 g/mol. The van der Waals surface area contributed by atoms with E-state index in [9.17, 15) is 10.1 Å². The van der Waals surface area contributed by atoms with Gasteiger partial charge >= 0.3 is 0 Å². The number of nitrogens with zero attached hydrogens (tertiary/aromatic N) is 2. The standard InChI is InChI=1S/C14H19N3O2/c1-10-3-2-4-13(14(10)17(18)19)16-6-5-11-7-15-8-12(11)9-16/h2-4,11-12,15H,5-9H2,1H3. The van der Waals surface area contributed by atoms with Crippen LogP contribution < -0.4 is 10.2 Å². The van der Waals surface area contributed by atoms with Gasteiger partial charge in [0.1, 0.15) is 5.69 Å². The normalized spacial score (nSPS) is 26.3.